The molecule has 0 heterocycles. The summed E-state index contributed by atoms with van der Waals surface area (Å²) >= 11 is 4.53. The quantitative estimate of drug-likeness (QED) is 0.388. The van der Waals surface area contributed by atoms with Crippen molar-refractivity contribution in [3.63, 3.8) is 0 Å². The van der Waals surface area contributed by atoms with Crippen LogP contribution in [0.1, 0.15) is 0 Å². The normalized spacial score (nSPS) is 19.8. The summed E-state index contributed by atoms with van der Waals surface area (Å²) in [7, 11) is -4.63. The molecule has 0 spiro atoms. The predicted molar refractivity (Wildman–Crippen MR) is 19.4 cm³/mol. The van der Waals surface area contributed by atoms with E-state index in [1.54, 1.807) is 0 Å². The average molecular weight is 131 g/mol. The van der Waals surface area contributed by atoms with Gasteiger partial charge in [0.15, 0.2) is 7.68 Å². The summed E-state index contributed by atoms with van der Waals surface area (Å²) in [5.41, 5.74) is -0.924. The number of hydrogen-bond donors (Lipinski definition) is 0. The van der Waals surface area contributed by atoms with E-state index in [0.29, 0.717) is 0 Å². The highest BCUT2D eigenvalue weighted by atomic mass is 35.5. The molecular formula is CH2ClFO2P-. The molecule has 5 heteroatoms. The van der Waals surface area contributed by atoms with Gasteiger partial charge in [0.05, 0.1) is 5.62 Å². The van der Waals surface area contributed by atoms with Crippen molar-refractivity contribution in [1.82, 2.24) is 0 Å². The first-order valence-corrected chi connectivity index (χ1v) is 3.35. The van der Waals surface area contributed by atoms with Gasteiger partial charge in [0, 0.05) is 0 Å². The van der Waals surface area contributed by atoms with E-state index in [1.165, 1.54) is 0 Å². The molecule has 0 aliphatic rings. The molecule has 0 rings (SSSR count). The molecule has 0 fully saturated rings. The van der Waals surface area contributed by atoms with E-state index in [4.69, 9.17) is 0 Å². The topological polar surface area (TPSA) is 40.1 Å². The maximum atomic E-state index is 11.0. The molecule has 0 aliphatic carbocycles. The van der Waals surface area contributed by atoms with Gasteiger partial charge in [-0.25, -0.2) is 4.20 Å². The summed E-state index contributed by atoms with van der Waals surface area (Å²) in [5, 5.41) is 0. The first kappa shape index (κ1) is 6.41. The van der Waals surface area contributed by atoms with Crippen LogP contribution in [0.3, 0.4) is 0 Å². The van der Waals surface area contributed by atoms with Crippen LogP contribution in [-0.2, 0) is 4.57 Å². The Morgan fingerprint density at radius 2 is 2.17 bits per heavy atom. The van der Waals surface area contributed by atoms with E-state index in [2.05, 4.69) is 11.6 Å². The van der Waals surface area contributed by atoms with E-state index in [0.717, 1.165) is 0 Å². The van der Waals surface area contributed by atoms with Crippen LogP contribution < -0.4 is 4.89 Å². The lowest BCUT2D eigenvalue weighted by atomic mass is 11.9. The Labute approximate surface area is 39.5 Å². The van der Waals surface area contributed by atoms with Crippen molar-refractivity contribution in [3.05, 3.63) is 0 Å². The van der Waals surface area contributed by atoms with Gasteiger partial charge in [0.1, 0.15) is 0 Å². The Morgan fingerprint density at radius 1 is 2.00 bits per heavy atom. The van der Waals surface area contributed by atoms with E-state index >= 15 is 0 Å². The third kappa shape index (κ3) is 4.41. The Bertz CT molecular complexity index is 77.6. The van der Waals surface area contributed by atoms with Crippen LogP contribution in [0, 0.1) is 0 Å². The van der Waals surface area contributed by atoms with Crippen molar-refractivity contribution >= 4 is 19.3 Å². The van der Waals surface area contributed by atoms with Crippen LogP contribution in [-0.4, -0.2) is 5.62 Å². The molecule has 0 saturated carbocycles. The fourth-order valence-electron chi connectivity index (χ4n) is 0. The number of alkyl halides is 1. The van der Waals surface area contributed by atoms with Crippen molar-refractivity contribution < 1.29 is 13.7 Å². The minimum Gasteiger partial charge on any atom is -0.774 e. The van der Waals surface area contributed by atoms with Crippen LogP contribution in [0.25, 0.3) is 0 Å². The van der Waals surface area contributed by atoms with Gasteiger partial charge in [-0.3, -0.25) is 0 Å². The Morgan fingerprint density at radius 3 is 2.17 bits per heavy atom. The summed E-state index contributed by atoms with van der Waals surface area (Å²) in [6.45, 7) is 0. The van der Waals surface area contributed by atoms with Crippen LogP contribution in [0.5, 0.6) is 0 Å². The molecule has 0 aromatic carbocycles. The molecule has 1 unspecified atom stereocenters. The van der Waals surface area contributed by atoms with Gasteiger partial charge in [-0.2, -0.15) is 0 Å². The monoisotopic (exact) mass is 131 g/mol. The molecule has 0 aromatic rings. The van der Waals surface area contributed by atoms with Gasteiger partial charge < -0.3 is 9.46 Å². The fourth-order valence-corrected chi connectivity index (χ4v) is 0. The molecule has 0 bridgehead atoms. The predicted octanol–water partition coefficient (Wildman–Crippen LogP) is 0.706. The largest absolute Gasteiger partial charge is 0.774 e. The third-order valence-electron chi connectivity index (χ3n) is 0.143. The Kier molecular flexibility index (Phi) is 2.05. The third-order valence-corrected chi connectivity index (χ3v) is 1.28. The molecule has 2 nitrogen and oxygen atoms in total. The van der Waals surface area contributed by atoms with E-state index < -0.39 is 13.3 Å². The minimum absolute atomic E-state index is 0.924. The standard InChI is InChI=1S/CH3ClFO2P/c2-1-6(3,4)5/h1H2,(H,4,5)/p-1. The van der Waals surface area contributed by atoms with E-state index in [1.807, 2.05) is 0 Å². The zero-order valence-corrected chi connectivity index (χ0v) is 4.38. The highest BCUT2D eigenvalue weighted by Gasteiger charge is 1.96. The molecule has 0 N–H and O–H groups in total. The average Bonchev–Trinajstić information content (AvgIpc) is 1.35. The lowest BCUT2D eigenvalue weighted by Crippen LogP contribution is -1.93. The lowest BCUT2D eigenvalue weighted by molar-refractivity contribution is -0.185. The summed E-state index contributed by atoms with van der Waals surface area (Å²) in [6, 6.07) is 0. The maximum absolute atomic E-state index is 11.0. The maximum Gasteiger partial charge on any atom is 0.196 e. The van der Waals surface area contributed by atoms with Gasteiger partial charge in [0.2, 0.25) is 0 Å². The zero-order valence-electron chi connectivity index (χ0n) is 2.73. The second-order valence-corrected chi connectivity index (χ2v) is 2.85. The highest BCUT2D eigenvalue weighted by Crippen LogP contribution is 2.37. The molecule has 6 heavy (non-hydrogen) atoms. The van der Waals surface area contributed by atoms with Crippen LogP contribution in [0.15, 0.2) is 0 Å². The van der Waals surface area contributed by atoms with Crippen LogP contribution in [0.4, 0.5) is 4.20 Å². The van der Waals surface area contributed by atoms with Crippen LogP contribution in [0.2, 0.25) is 0 Å². The molecule has 38 valence electrons. The van der Waals surface area contributed by atoms with Gasteiger partial charge in [-0.1, -0.05) is 0 Å². The second-order valence-electron chi connectivity index (χ2n) is 0.710. The van der Waals surface area contributed by atoms with E-state index in [9.17, 15) is 13.7 Å². The lowest BCUT2D eigenvalue weighted by Gasteiger charge is -2.04. The molecular weight excluding hydrogens is 129 g/mol. The van der Waals surface area contributed by atoms with E-state index in [-0.39, 0.29) is 0 Å². The first-order chi connectivity index (χ1) is 2.56. The summed E-state index contributed by atoms with van der Waals surface area (Å²) < 4.78 is 20.2. The summed E-state index contributed by atoms with van der Waals surface area (Å²) in [6.07, 6.45) is 0. The second kappa shape index (κ2) is 1.92. The van der Waals surface area contributed by atoms with Crippen molar-refractivity contribution in [2.75, 3.05) is 5.62 Å². The van der Waals surface area contributed by atoms with Gasteiger partial charge in [0.25, 0.3) is 0 Å². The summed E-state index contributed by atoms with van der Waals surface area (Å²) in [5.74, 6) is 0. The molecule has 0 aromatic heterocycles. The van der Waals surface area contributed by atoms with Crippen molar-refractivity contribution in [1.29, 1.82) is 0 Å². The van der Waals surface area contributed by atoms with Crippen LogP contribution >= 0.6 is 19.3 Å². The SMILES string of the molecule is O=P([O-])(F)CCl. The number of rotatable bonds is 1. The fraction of sp³-hybridized carbons (Fsp3) is 1.00. The molecule has 0 aliphatic heterocycles. The van der Waals surface area contributed by atoms with Gasteiger partial charge >= 0.3 is 0 Å². The van der Waals surface area contributed by atoms with Gasteiger partial charge in [-0.15, -0.1) is 11.6 Å². The Hall–Kier alpha value is 0.410. The minimum atomic E-state index is -4.63. The van der Waals surface area contributed by atoms with Crippen molar-refractivity contribution in [2.45, 2.75) is 0 Å². The highest BCUT2D eigenvalue weighted by molar-refractivity contribution is 7.52. The van der Waals surface area contributed by atoms with Gasteiger partial charge in [-0.05, 0) is 0 Å². The molecule has 0 saturated heterocycles. The molecule has 1 atom stereocenters. The van der Waals surface area contributed by atoms with Crippen molar-refractivity contribution in [2.24, 2.45) is 0 Å². The Balaban J connectivity index is 3.48. The first-order valence-electron chi connectivity index (χ1n) is 1.12. The number of hydrogen-bond acceptors (Lipinski definition) is 2. The zero-order chi connectivity index (χ0) is 5.21. The molecule has 0 amide bonds. The summed E-state index contributed by atoms with van der Waals surface area (Å²) in [4.78, 5) is 9.23. The number of halogens is 2. The van der Waals surface area contributed by atoms with Crippen molar-refractivity contribution in [3.8, 4) is 0 Å². The smallest absolute Gasteiger partial charge is 0.196 e. The molecule has 0 radical (unpaired) electrons.